The molecule has 2 aromatic carbocycles. The summed E-state index contributed by atoms with van der Waals surface area (Å²) < 4.78 is 0. The van der Waals surface area contributed by atoms with Crippen LogP contribution in [-0.2, 0) is 4.79 Å². The molecule has 1 atom stereocenters. The number of hydrogen-bond donors (Lipinski definition) is 3. The summed E-state index contributed by atoms with van der Waals surface area (Å²) in [5, 5.41) is 12.4. The van der Waals surface area contributed by atoms with Crippen LogP contribution in [0.4, 0.5) is 17.2 Å². The first-order valence-electron chi connectivity index (χ1n) is 11.4. The lowest BCUT2D eigenvalue weighted by Gasteiger charge is -2.08. The van der Waals surface area contributed by atoms with Gasteiger partial charge in [0.15, 0.2) is 17.4 Å². The predicted molar refractivity (Wildman–Crippen MR) is 141 cm³/mol. The van der Waals surface area contributed by atoms with Crippen LogP contribution in [0.1, 0.15) is 59.4 Å². The van der Waals surface area contributed by atoms with Gasteiger partial charge in [-0.1, -0.05) is 12.1 Å². The van der Waals surface area contributed by atoms with Crippen molar-refractivity contribution >= 4 is 58.1 Å². The zero-order valence-corrected chi connectivity index (χ0v) is 20.7. The number of anilines is 2. The summed E-state index contributed by atoms with van der Waals surface area (Å²) in [6.45, 7) is 3.30. The standard InChI is InChI=1S/C27H21N5O4S/c1-14-10-24(32-31-14)28-13-20-19-12-17(6-7-21(19)30-26(20)35)25(34)16-4-3-5-18(11-16)29-27(36)23-9-8-22(37-23)15(2)33/h3-13,20H,1-2H3,(H,29,36)(H,30,35)(H,31,32). The molecule has 4 aromatic rings. The third kappa shape index (κ3) is 5.00. The Morgan fingerprint density at radius 2 is 1.81 bits per heavy atom. The summed E-state index contributed by atoms with van der Waals surface area (Å²) in [5.74, 6) is -1.15. The number of rotatable bonds is 7. The number of fused-ring (bicyclic) bond motifs is 1. The van der Waals surface area contributed by atoms with Crippen molar-refractivity contribution in [2.24, 2.45) is 4.99 Å². The molecule has 2 aromatic heterocycles. The maximum absolute atomic E-state index is 13.3. The van der Waals surface area contributed by atoms with Crippen molar-refractivity contribution < 1.29 is 19.2 Å². The maximum atomic E-state index is 13.3. The fourth-order valence-corrected chi connectivity index (χ4v) is 4.74. The number of aromatic nitrogens is 2. The van der Waals surface area contributed by atoms with Crippen LogP contribution in [0.5, 0.6) is 0 Å². The Kier molecular flexibility index (Phi) is 6.33. The van der Waals surface area contributed by atoms with Crippen LogP contribution in [0.3, 0.4) is 0 Å². The molecule has 184 valence electrons. The number of benzene rings is 2. The summed E-state index contributed by atoms with van der Waals surface area (Å²) in [4.78, 5) is 55.2. The number of aromatic amines is 1. The SMILES string of the molecule is CC(=O)c1ccc(C(=O)Nc2cccc(C(=O)c3ccc4c(c3)C(C=Nc3cc(C)[nH]n3)C(=O)N4)c2)s1. The number of carbonyl (C=O) groups excluding carboxylic acids is 4. The fourth-order valence-electron chi connectivity index (χ4n) is 3.94. The van der Waals surface area contributed by atoms with E-state index in [1.54, 1.807) is 60.7 Å². The van der Waals surface area contributed by atoms with E-state index in [0.717, 1.165) is 17.0 Å². The Balaban J connectivity index is 1.36. The van der Waals surface area contributed by atoms with E-state index in [0.29, 0.717) is 43.6 Å². The van der Waals surface area contributed by atoms with Crippen molar-refractivity contribution in [3.8, 4) is 0 Å². The lowest BCUT2D eigenvalue weighted by Crippen LogP contribution is -2.13. The number of aliphatic imine (C=N–C) groups is 1. The Labute approximate surface area is 215 Å². The van der Waals surface area contributed by atoms with Crippen LogP contribution in [0.15, 0.2) is 65.7 Å². The highest BCUT2D eigenvalue weighted by Gasteiger charge is 2.30. The van der Waals surface area contributed by atoms with Crippen molar-refractivity contribution in [3.63, 3.8) is 0 Å². The Bertz CT molecular complexity index is 1600. The molecule has 1 aliphatic rings. The van der Waals surface area contributed by atoms with Gasteiger partial charge in [-0.05, 0) is 61.9 Å². The number of H-pyrrole nitrogens is 1. The lowest BCUT2D eigenvalue weighted by atomic mass is 9.96. The van der Waals surface area contributed by atoms with Gasteiger partial charge >= 0.3 is 0 Å². The number of nitrogens with one attached hydrogen (secondary N) is 3. The van der Waals surface area contributed by atoms with Crippen molar-refractivity contribution in [1.29, 1.82) is 0 Å². The van der Waals surface area contributed by atoms with Gasteiger partial charge in [0.2, 0.25) is 5.91 Å². The van der Waals surface area contributed by atoms with Crippen LogP contribution in [0.25, 0.3) is 0 Å². The quantitative estimate of drug-likeness (QED) is 0.240. The monoisotopic (exact) mass is 511 g/mol. The van der Waals surface area contributed by atoms with Gasteiger partial charge in [0.05, 0.1) is 9.75 Å². The van der Waals surface area contributed by atoms with Crippen molar-refractivity contribution in [2.75, 3.05) is 10.6 Å². The molecule has 37 heavy (non-hydrogen) atoms. The summed E-state index contributed by atoms with van der Waals surface area (Å²) in [7, 11) is 0. The Morgan fingerprint density at radius 3 is 2.54 bits per heavy atom. The molecule has 3 heterocycles. The number of hydrogen-bond acceptors (Lipinski definition) is 7. The summed E-state index contributed by atoms with van der Waals surface area (Å²) in [5.41, 5.74) is 3.35. The van der Waals surface area contributed by atoms with Crippen molar-refractivity contribution in [2.45, 2.75) is 19.8 Å². The maximum Gasteiger partial charge on any atom is 0.265 e. The average molecular weight is 512 g/mol. The van der Waals surface area contributed by atoms with Crippen LogP contribution < -0.4 is 10.6 Å². The molecule has 0 saturated carbocycles. The van der Waals surface area contributed by atoms with E-state index in [-0.39, 0.29) is 23.4 Å². The summed E-state index contributed by atoms with van der Waals surface area (Å²) >= 11 is 1.11. The van der Waals surface area contributed by atoms with Gasteiger partial charge in [-0.25, -0.2) is 4.99 Å². The third-order valence-corrected chi connectivity index (χ3v) is 6.98. The first kappa shape index (κ1) is 24.0. The van der Waals surface area contributed by atoms with E-state index in [4.69, 9.17) is 0 Å². The minimum atomic E-state index is -0.656. The Hall–Kier alpha value is -4.70. The fraction of sp³-hybridized carbons (Fsp3) is 0.111. The minimum Gasteiger partial charge on any atom is -0.325 e. The van der Waals surface area contributed by atoms with E-state index in [2.05, 4.69) is 25.8 Å². The van der Waals surface area contributed by atoms with Crippen LogP contribution in [0.2, 0.25) is 0 Å². The molecular formula is C27H21N5O4S. The number of Topliss-reactive ketones (excluding diaryl/α,β-unsaturated/α-hetero) is 1. The molecule has 2 amide bonds. The van der Waals surface area contributed by atoms with E-state index >= 15 is 0 Å². The van der Waals surface area contributed by atoms with Crippen molar-refractivity contribution in [3.05, 3.63) is 92.8 Å². The molecule has 1 unspecified atom stereocenters. The molecular weight excluding hydrogens is 490 g/mol. The Morgan fingerprint density at radius 1 is 1.03 bits per heavy atom. The second kappa shape index (κ2) is 9.75. The van der Waals surface area contributed by atoms with E-state index < -0.39 is 5.92 Å². The predicted octanol–water partition coefficient (Wildman–Crippen LogP) is 4.90. The van der Waals surface area contributed by atoms with E-state index in [1.165, 1.54) is 13.1 Å². The second-order valence-electron chi connectivity index (χ2n) is 8.54. The third-order valence-electron chi connectivity index (χ3n) is 5.80. The van der Waals surface area contributed by atoms with Gasteiger partial charge in [0.25, 0.3) is 5.91 Å². The molecule has 9 nitrogen and oxygen atoms in total. The highest BCUT2D eigenvalue weighted by Crippen LogP contribution is 2.33. The number of thiophene rings is 1. The number of aryl methyl sites for hydroxylation is 1. The van der Waals surface area contributed by atoms with Gasteiger partial charge in [-0.3, -0.25) is 24.3 Å². The molecule has 1 aliphatic heterocycles. The number of amides is 2. The van der Waals surface area contributed by atoms with E-state index in [9.17, 15) is 19.2 Å². The van der Waals surface area contributed by atoms with Gasteiger partial charge in [0, 0.05) is 40.5 Å². The summed E-state index contributed by atoms with van der Waals surface area (Å²) in [6, 6.07) is 16.6. The highest BCUT2D eigenvalue weighted by atomic mass is 32.1. The normalized spacial score (nSPS) is 14.4. The smallest absolute Gasteiger partial charge is 0.265 e. The van der Waals surface area contributed by atoms with Gasteiger partial charge in [-0.15, -0.1) is 11.3 Å². The van der Waals surface area contributed by atoms with Gasteiger partial charge in [-0.2, -0.15) is 5.10 Å². The minimum absolute atomic E-state index is 0.104. The highest BCUT2D eigenvalue weighted by molar-refractivity contribution is 7.16. The molecule has 3 N–H and O–H groups in total. The van der Waals surface area contributed by atoms with Crippen LogP contribution in [-0.4, -0.2) is 39.8 Å². The first-order valence-corrected chi connectivity index (χ1v) is 12.2. The zero-order chi connectivity index (χ0) is 26.1. The molecule has 5 rings (SSSR count). The molecule has 0 saturated heterocycles. The lowest BCUT2D eigenvalue weighted by molar-refractivity contribution is -0.115. The number of nitrogens with zero attached hydrogens (tertiary/aromatic N) is 2. The summed E-state index contributed by atoms with van der Waals surface area (Å²) in [6.07, 6.45) is 1.52. The molecule has 0 aliphatic carbocycles. The molecule has 0 fully saturated rings. The van der Waals surface area contributed by atoms with Gasteiger partial charge in [0.1, 0.15) is 5.92 Å². The molecule has 10 heteroatoms. The van der Waals surface area contributed by atoms with E-state index in [1.807, 2.05) is 6.92 Å². The first-order chi connectivity index (χ1) is 17.8. The number of carbonyl (C=O) groups is 4. The van der Waals surface area contributed by atoms with Crippen molar-refractivity contribution in [1.82, 2.24) is 10.2 Å². The second-order valence-corrected chi connectivity index (χ2v) is 9.62. The topological polar surface area (TPSA) is 133 Å². The zero-order valence-electron chi connectivity index (χ0n) is 19.9. The average Bonchev–Trinajstić information content (AvgIpc) is 3.60. The largest absolute Gasteiger partial charge is 0.325 e. The molecule has 0 radical (unpaired) electrons. The van der Waals surface area contributed by atoms with Gasteiger partial charge < -0.3 is 10.6 Å². The molecule has 0 bridgehead atoms. The van der Waals surface area contributed by atoms with Crippen LogP contribution >= 0.6 is 11.3 Å². The number of ketones is 2. The van der Waals surface area contributed by atoms with Crippen LogP contribution in [0, 0.1) is 6.92 Å². The molecule has 0 spiro atoms.